The largest absolute Gasteiger partial charge is 0.327 e. The lowest BCUT2D eigenvalue weighted by molar-refractivity contribution is 1.23. The van der Waals surface area contributed by atoms with Crippen LogP contribution in [0, 0.1) is 6.92 Å². The highest BCUT2D eigenvalue weighted by atomic mass is 35.5. The minimum absolute atomic E-state index is 0.525. The molecule has 2 N–H and O–H groups in total. The molecule has 0 aliphatic carbocycles. The molecule has 0 aliphatic rings. The molecular weight excluding hydrogens is 208 g/mol. The van der Waals surface area contributed by atoms with Crippen LogP contribution in [0.1, 0.15) is 11.1 Å². The van der Waals surface area contributed by atoms with Crippen molar-refractivity contribution in [3.63, 3.8) is 0 Å². The van der Waals surface area contributed by atoms with Crippen LogP contribution in [-0.2, 0) is 6.42 Å². The quantitative estimate of drug-likeness (QED) is 0.782. The van der Waals surface area contributed by atoms with Crippen molar-refractivity contribution in [3.8, 4) is 0 Å². The summed E-state index contributed by atoms with van der Waals surface area (Å²) in [6.45, 7) is 2.57. The molecule has 2 nitrogen and oxygen atoms in total. The van der Waals surface area contributed by atoms with Gasteiger partial charge in [-0.3, -0.25) is 4.99 Å². The molecule has 0 heterocycles. The SMILES string of the molecule is Cc1cc(Cl)ccc1CC=N/C=C\CN. The molecule has 0 radical (unpaired) electrons. The average Bonchev–Trinajstić information content (AvgIpc) is 2.20. The van der Waals surface area contributed by atoms with Gasteiger partial charge in [0, 0.05) is 30.4 Å². The van der Waals surface area contributed by atoms with Crippen LogP contribution in [0.5, 0.6) is 0 Å². The van der Waals surface area contributed by atoms with Crippen LogP contribution in [0.25, 0.3) is 0 Å². The van der Waals surface area contributed by atoms with Crippen molar-refractivity contribution in [1.82, 2.24) is 0 Å². The molecule has 15 heavy (non-hydrogen) atoms. The third kappa shape index (κ3) is 4.28. The Morgan fingerprint density at radius 2 is 2.27 bits per heavy atom. The molecule has 80 valence electrons. The highest BCUT2D eigenvalue weighted by Gasteiger charge is 1.96. The second-order valence-electron chi connectivity index (χ2n) is 3.23. The van der Waals surface area contributed by atoms with Crippen LogP contribution < -0.4 is 5.73 Å². The van der Waals surface area contributed by atoms with Gasteiger partial charge >= 0.3 is 0 Å². The predicted octanol–water partition coefficient (Wildman–Crippen LogP) is 2.73. The molecule has 0 fully saturated rings. The van der Waals surface area contributed by atoms with E-state index in [1.165, 1.54) is 11.1 Å². The molecule has 0 atom stereocenters. The van der Waals surface area contributed by atoms with E-state index in [-0.39, 0.29) is 0 Å². The number of hydrogen-bond donors (Lipinski definition) is 1. The summed E-state index contributed by atoms with van der Waals surface area (Å²) in [5.41, 5.74) is 7.72. The fourth-order valence-electron chi connectivity index (χ4n) is 1.22. The summed E-state index contributed by atoms with van der Waals surface area (Å²) in [5, 5.41) is 0.774. The van der Waals surface area contributed by atoms with Crippen molar-refractivity contribution in [1.29, 1.82) is 0 Å². The van der Waals surface area contributed by atoms with Crippen molar-refractivity contribution in [2.45, 2.75) is 13.3 Å². The summed E-state index contributed by atoms with van der Waals surface area (Å²) < 4.78 is 0. The number of halogens is 1. The summed E-state index contributed by atoms with van der Waals surface area (Å²) in [4.78, 5) is 4.10. The van der Waals surface area contributed by atoms with Gasteiger partial charge in [-0.1, -0.05) is 23.7 Å². The van der Waals surface area contributed by atoms with Gasteiger partial charge < -0.3 is 5.73 Å². The number of hydrogen-bond acceptors (Lipinski definition) is 2. The lowest BCUT2D eigenvalue weighted by Gasteiger charge is -2.01. The number of nitrogens with zero attached hydrogens (tertiary/aromatic N) is 1. The highest BCUT2D eigenvalue weighted by molar-refractivity contribution is 6.30. The molecule has 3 heteroatoms. The Morgan fingerprint density at radius 1 is 1.47 bits per heavy atom. The summed E-state index contributed by atoms with van der Waals surface area (Å²) in [6.07, 6.45) is 6.21. The number of benzene rings is 1. The van der Waals surface area contributed by atoms with E-state index in [1.807, 2.05) is 37.4 Å². The lowest BCUT2D eigenvalue weighted by atomic mass is 10.1. The second kappa shape index (κ2) is 6.38. The zero-order valence-corrected chi connectivity index (χ0v) is 9.54. The van der Waals surface area contributed by atoms with Crippen molar-refractivity contribution in [2.75, 3.05) is 6.54 Å². The van der Waals surface area contributed by atoms with Crippen molar-refractivity contribution < 1.29 is 0 Å². The second-order valence-corrected chi connectivity index (χ2v) is 3.66. The molecule has 0 bridgehead atoms. The Kier molecular flexibility index (Phi) is 5.08. The van der Waals surface area contributed by atoms with E-state index >= 15 is 0 Å². The van der Waals surface area contributed by atoms with Gasteiger partial charge in [0.2, 0.25) is 0 Å². The minimum Gasteiger partial charge on any atom is -0.327 e. The first-order valence-electron chi connectivity index (χ1n) is 4.86. The van der Waals surface area contributed by atoms with E-state index in [0.717, 1.165) is 11.4 Å². The van der Waals surface area contributed by atoms with Crippen LogP contribution in [0.15, 0.2) is 35.5 Å². The number of aliphatic imine (C=N–C) groups is 1. The van der Waals surface area contributed by atoms with E-state index in [0.29, 0.717) is 6.54 Å². The Morgan fingerprint density at radius 3 is 2.93 bits per heavy atom. The third-order valence-corrected chi connectivity index (χ3v) is 2.28. The molecule has 1 aromatic rings. The number of rotatable bonds is 4. The van der Waals surface area contributed by atoms with Crippen LogP contribution in [0.2, 0.25) is 5.02 Å². The van der Waals surface area contributed by atoms with Gasteiger partial charge in [-0.15, -0.1) is 0 Å². The van der Waals surface area contributed by atoms with Crippen molar-refractivity contribution >= 4 is 17.8 Å². The molecule has 0 amide bonds. The van der Waals surface area contributed by atoms with Gasteiger partial charge in [-0.05, 0) is 30.2 Å². The molecule has 0 aromatic heterocycles. The summed E-state index contributed by atoms with van der Waals surface area (Å²) in [6, 6.07) is 5.88. The zero-order valence-electron chi connectivity index (χ0n) is 8.78. The van der Waals surface area contributed by atoms with Crippen LogP contribution in [0.3, 0.4) is 0 Å². The molecule has 1 aromatic carbocycles. The Hall–Kier alpha value is -1.12. The fraction of sp³-hybridized carbons (Fsp3) is 0.250. The highest BCUT2D eigenvalue weighted by Crippen LogP contribution is 2.14. The van der Waals surface area contributed by atoms with E-state index in [9.17, 15) is 0 Å². The van der Waals surface area contributed by atoms with Crippen molar-refractivity contribution in [2.24, 2.45) is 10.7 Å². The monoisotopic (exact) mass is 222 g/mol. The van der Waals surface area contributed by atoms with Gasteiger partial charge in [0.1, 0.15) is 0 Å². The molecule has 0 unspecified atom stereocenters. The summed E-state index contributed by atoms with van der Waals surface area (Å²) in [5.74, 6) is 0. The first-order valence-corrected chi connectivity index (χ1v) is 5.23. The van der Waals surface area contributed by atoms with Gasteiger partial charge in [-0.2, -0.15) is 0 Å². The molecule has 0 aliphatic heterocycles. The Bertz CT molecular complexity index is 370. The topological polar surface area (TPSA) is 38.4 Å². The fourth-order valence-corrected chi connectivity index (χ4v) is 1.45. The maximum absolute atomic E-state index is 5.86. The average molecular weight is 223 g/mol. The van der Waals surface area contributed by atoms with E-state index in [1.54, 1.807) is 6.20 Å². The van der Waals surface area contributed by atoms with E-state index in [4.69, 9.17) is 17.3 Å². The van der Waals surface area contributed by atoms with Crippen LogP contribution in [0.4, 0.5) is 0 Å². The first-order chi connectivity index (χ1) is 7.24. The Labute approximate surface area is 95.5 Å². The van der Waals surface area contributed by atoms with Crippen LogP contribution >= 0.6 is 11.6 Å². The number of aryl methyl sites for hydroxylation is 1. The molecular formula is C12H15ClN2. The van der Waals surface area contributed by atoms with E-state index in [2.05, 4.69) is 4.99 Å². The smallest absolute Gasteiger partial charge is 0.0408 e. The van der Waals surface area contributed by atoms with Gasteiger partial charge in [0.25, 0.3) is 0 Å². The van der Waals surface area contributed by atoms with Gasteiger partial charge in [0.15, 0.2) is 0 Å². The lowest BCUT2D eigenvalue weighted by Crippen LogP contribution is -1.92. The maximum atomic E-state index is 5.86. The predicted molar refractivity (Wildman–Crippen MR) is 66.6 cm³/mol. The Balaban J connectivity index is 2.58. The van der Waals surface area contributed by atoms with Crippen molar-refractivity contribution in [3.05, 3.63) is 46.6 Å². The van der Waals surface area contributed by atoms with Crippen LogP contribution in [-0.4, -0.2) is 12.8 Å². The molecule has 1 rings (SSSR count). The summed E-state index contributed by atoms with van der Waals surface area (Å²) >= 11 is 5.86. The standard InChI is InChI=1S/C12H15ClN2/c1-10-9-12(13)4-3-11(10)5-8-15-7-2-6-14/h2-4,7-9H,5-6,14H2,1H3/b7-2-,15-8?. The third-order valence-electron chi connectivity index (χ3n) is 2.05. The zero-order chi connectivity index (χ0) is 11.1. The molecule has 0 spiro atoms. The van der Waals surface area contributed by atoms with Gasteiger partial charge in [-0.25, -0.2) is 0 Å². The molecule has 0 saturated heterocycles. The first kappa shape index (κ1) is 12.0. The number of nitrogens with two attached hydrogens (primary N) is 1. The maximum Gasteiger partial charge on any atom is 0.0408 e. The van der Waals surface area contributed by atoms with Gasteiger partial charge in [0.05, 0.1) is 0 Å². The normalized spacial score (nSPS) is 11.7. The van der Waals surface area contributed by atoms with E-state index < -0.39 is 0 Å². The minimum atomic E-state index is 0.525. The molecule has 0 saturated carbocycles. The summed E-state index contributed by atoms with van der Waals surface area (Å²) in [7, 11) is 0.